The van der Waals surface area contributed by atoms with Crippen molar-refractivity contribution >= 4 is 41.0 Å². The number of benzene rings is 2. The van der Waals surface area contributed by atoms with Crippen LogP contribution in [0.25, 0.3) is 0 Å². The molecule has 1 fully saturated rings. The maximum Gasteiger partial charge on any atom is 0.209 e. The minimum absolute atomic E-state index is 0.0935. The van der Waals surface area contributed by atoms with Crippen LogP contribution in [-0.4, -0.2) is 37.5 Å². The van der Waals surface area contributed by atoms with E-state index in [-0.39, 0.29) is 6.04 Å². The van der Waals surface area contributed by atoms with Gasteiger partial charge in [0.15, 0.2) is 0 Å². The Labute approximate surface area is 169 Å². The van der Waals surface area contributed by atoms with E-state index in [9.17, 15) is 10.1 Å². The molecule has 2 aromatic rings. The van der Waals surface area contributed by atoms with Crippen LogP contribution in [0.2, 0.25) is 10.0 Å². The molecule has 0 spiro atoms. The zero-order valence-electron chi connectivity index (χ0n) is 15.0. The Balaban J connectivity index is 1.82. The van der Waals surface area contributed by atoms with Crippen LogP contribution in [0.1, 0.15) is 24.1 Å². The van der Waals surface area contributed by atoms with Crippen molar-refractivity contribution in [3.05, 3.63) is 57.6 Å². The largest absolute Gasteiger partial charge is 0.377 e. The number of nitriles is 1. The third-order valence-electron chi connectivity index (χ3n) is 4.75. The summed E-state index contributed by atoms with van der Waals surface area (Å²) in [6.45, 7) is 4.92. The van der Waals surface area contributed by atoms with Gasteiger partial charge in [-0.25, -0.2) is 0 Å². The van der Waals surface area contributed by atoms with Crippen molar-refractivity contribution in [1.82, 2.24) is 4.90 Å². The Morgan fingerprint density at radius 1 is 1.15 bits per heavy atom. The fraction of sp³-hybridized carbons (Fsp3) is 0.300. The summed E-state index contributed by atoms with van der Waals surface area (Å²) in [5.74, 6) is 0. The van der Waals surface area contributed by atoms with Gasteiger partial charge in [-0.2, -0.15) is 5.26 Å². The molecule has 0 saturated carbocycles. The van der Waals surface area contributed by atoms with Crippen LogP contribution in [0.3, 0.4) is 0 Å². The monoisotopic (exact) mass is 402 g/mol. The standard InChI is InChI=1S/C20H20Cl2N4O/c1-14(18-5-3-16(21)10-19(18)22)24-20-11-17(4-2-15(20)12-23)26-8-6-25(13-27)7-9-26/h2-5,10-11,13-14,24H,6-9H2,1H3. The predicted octanol–water partition coefficient (Wildman–Crippen LogP) is 4.32. The van der Waals surface area contributed by atoms with Crippen LogP contribution in [0.5, 0.6) is 0 Å². The third-order valence-corrected chi connectivity index (χ3v) is 5.32. The maximum atomic E-state index is 10.9. The molecule has 2 aromatic carbocycles. The van der Waals surface area contributed by atoms with Crippen molar-refractivity contribution in [2.24, 2.45) is 0 Å². The second-order valence-corrected chi connectivity index (χ2v) is 7.35. The lowest BCUT2D eigenvalue weighted by molar-refractivity contribution is -0.118. The van der Waals surface area contributed by atoms with Gasteiger partial charge in [0.25, 0.3) is 0 Å². The van der Waals surface area contributed by atoms with Crippen LogP contribution in [0.4, 0.5) is 11.4 Å². The normalized spacial score (nSPS) is 15.2. The average Bonchev–Trinajstić information content (AvgIpc) is 2.68. The number of anilines is 2. The fourth-order valence-electron chi connectivity index (χ4n) is 3.20. The highest BCUT2D eigenvalue weighted by Crippen LogP contribution is 2.31. The number of nitrogens with one attached hydrogen (secondary N) is 1. The van der Waals surface area contributed by atoms with E-state index in [1.54, 1.807) is 17.0 Å². The summed E-state index contributed by atoms with van der Waals surface area (Å²) in [5.41, 5.74) is 3.26. The van der Waals surface area contributed by atoms with E-state index >= 15 is 0 Å². The highest BCUT2D eigenvalue weighted by molar-refractivity contribution is 6.35. The molecular weight excluding hydrogens is 383 g/mol. The molecule has 1 aliphatic rings. The van der Waals surface area contributed by atoms with Crippen LogP contribution >= 0.6 is 23.2 Å². The molecule has 1 saturated heterocycles. The summed E-state index contributed by atoms with van der Waals surface area (Å²) < 4.78 is 0. The van der Waals surface area contributed by atoms with Crippen LogP contribution in [0, 0.1) is 11.3 Å². The minimum Gasteiger partial charge on any atom is -0.377 e. The summed E-state index contributed by atoms with van der Waals surface area (Å²) in [4.78, 5) is 14.9. The molecule has 1 N–H and O–H groups in total. The quantitative estimate of drug-likeness (QED) is 0.756. The van der Waals surface area contributed by atoms with Crippen LogP contribution < -0.4 is 10.2 Å². The van der Waals surface area contributed by atoms with Gasteiger partial charge in [-0.1, -0.05) is 29.3 Å². The minimum atomic E-state index is -0.0935. The smallest absolute Gasteiger partial charge is 0.209 e. The number of hydrogen-bond donors (Lipinski definition) is 1. The Hall–Kier alpha value is -2.42. The van der Waals surface area contributed by atoms with E-state index in [0.717, 1.165) is 36.4 Å². The van der Waals surface area contributed by atoms with Crippen LogP contribution in [-0.2, 0) is 4.79 Å². The lowest BCUT2D eigenvalue weighted by Gasteiger charge is -2.34. The average molecular weight is 403 g/mol. The summed E-state index contributed by atoms with van der Waals surface area (Å²) >= 11 is 12.3. The number of carbonyl (C=O) groups is 1. The Bertz CT molecular complexity index is 873. The Morgan fingerprint density at radius 3 is 2.52 bits per heavy atom. The van der Waals surface area contributed by atoms with Crippen molar-refractivity contribution in [1.29, 1.82) is 5.26 Å². The first kappa shape index (κ1) is 19.3. The van der Waals surface area contributed by atoms with Gasteiger partial charge < -0.3 is 15.1 Å². The SMILES string of the molecule is CC(Nc1cc(N2CCN(C=O)CC2)ccc1C#N)c1ccc(Cl)cc1Cl. The van der Waals surface area contributed by atoms with E-state index in [1.807, 2.05) is 31.2 Å². The van der Waals surface area contributed by atoms with Gasteiger partial charge >= 0.3 is 0 Å². The summed E-state index contributed by atoms with van der Waals surface area (Å²) in [6, 6.07) is 13.3. The van der Waals surface area contributed by atoms with Gasteiger partial charge in [0.05, 0.1) is 17.3 Å². The molecule has 1 aliphatic heterocycles. The van der Waals surface area contributed by atoms with E-state index < -0.39 is 0 Å². The zero-order valence-corrected chi connectivity index (χ0v) is 16.5. The molecule has 7 heteroatoms. The predicted molar refractivity (Wildman–Crippen MR) is 110 cm³/mol. The lowest BCUT2D eigenvalue weighted by Crippen LogP contribution is -2.45. The molecule has 140 valence electrons. The molecule has 5 nitrogen and oxygen atoms in total. The van der Waals surface area contributed by atoms with E-state index in [2.05, 4.69) is 16.3 Å². The molecular formula is C20H20Cl2N4O. The molecule has 0 aliphatic carbocycles. The lowest BCUT2D eigenvalue weighted by atomic mass is 10.1. The van der Waals surface area contributed by atoms with Crippen molar-refractivity contribution in [3.63, 3.8) is 0 Å². The first-order valence-corrected chi connectivity index (χ1v) is 9.47. The number of rotatable bonds is 5. The van der Waals surface area contributed by atoms with E-state index in [1.165, 1.54) is 0 Å². The van der Waals surface area contributed by atoms with Crippen molar-refractivity contribution in [3.8, 4) is 6.07 Å². The van der Waals surface area contributed by atoms with Crippen LogP contribution in [0.15, 0.2) is 36.4 Å². The maximum absolute atomic E-state index is 10.9. The zero-order chi connectivity index (χ0) is 19.4. The highest BCUT2D eigenvalue weighted by Gasteiger charge is 2.18. The number of nitrogens with zero attached hydrogens (tertiary/aromatic N) is 3. The van der Waals surface area contributed by atoms with Gasteiger partial charge in [-0.3, -0.25) is 4.79 Å². The van der Waals surface area contributed by atoms with E-state index in [0.29, 0.717) is 28.7 Å². The Kier molecular flexibility index (Phi) is 6.10. The molecule has 27 heavy (non-hydrogen) atoms. The number of hydrogen-bond acceptors (Lipinski definition) is 4. The molecule has 0 aromatic heterocycles. The van der Waals surface area contributed by atoms with E-state index in [4.69, 9.17) is 23.2 Å². The molecule has 1 unspecified atom stereocenters. The molecule has 0 bridgehead atoms. The van der Waals surface area contributed by atoms with Gasteiger partial charge in [0.1, 0.15) is 6.07 Å². The Morgan fingerprint density at radius 2 is 1.89 bits per heavy atom. The molecule has 3 rings (SSSR count). The molecule has 1 atom stereocenters. The summed E-state index contributed by atoms with van der Waals surface area (Å²) in [7, 11) is 0. The summed E-state index contributed by atoms with van der Waals surface area (Å²) in [5, 5.41) is 14.0. The van der Waals surface area contributed by atoms with Gasteiger partial charge in [0, 0.05) is 41.9 Å². The highest BCUT2D eigenvalue weighted by atomic mass is 35.5. The number of amides is 1. The second kappa shape index (κ2) is 8.51. The third kappa shape index (κ3) is 4.47. The summed E-state index contributed by atoms with van der Waals surface area (Å²) in [6.07, 6.45) is 0.890. The fourth-order valence-corrected chi connectivity index (χ4v) is 3.77. The molecule has 1 amide bonds. The first-order chi connectivity index (χ1) is 13.0. The van der Waals surface area contributed by atoms with Gasteiger partial charge in [-0.05, 0) is 42.8 Å². The van der Waals surface area contributed by atoms with Crippen molar-refractivity contribution in [2.75, 3.05) is 36.4 Å². The van der Waals surface area contributed by atoms with Gasteiger partial charge in [-0.15, -0.1) is 0 Å². The molecule has 1 heterocycles. The number of carbonyl (C=O) groups excluding carboxylic acids is 1. The van der Waals surface area contributed by atoms with Crippen molar-refractivity contribution < 1.29 is 4.79 Å². The second-order valence-electron chi connectivity index (χ2n) is 6.50. The van der Waals surface area contributed by atoms with Crippen molar-refractivity contribution in [2.45, 2.75) is 13.0 Å². The van der Waals surface area contributed by atoms with Gasteiger partial charge in [0.2, 0.25) is 6.41 Å². The number of halogens is 2. The topological polar surface area (TPSA) is 59.4 Å². The first-order valence-electron chi connectivity index (χ1n) is 8.71. The molecule has 0 radical (unpaired) electrons. The number of piperazine rings is 1.